The molecule has 1 aliphatic heterocycles. The van der Waals surface area contributed by atoms with Crippen LogP contribution in [-0.4, -0.2) is 77.8 Å². The number of hydrogen-bond acceptors (Lipinski definition) is 6. The molecule has 0 saturated carbocycles. The van der Waals surface area contributed by atoms with Gasteiger partial charge in [-0.1, -0.05) is 42.5 Å². The van der Waals surface area contributed by atoms with E-state index in [0.29, 0.717) is 34.2 Å². The van der Waals surface area contributed by atoms with Gasteiger partial charge < -0.3 is 19.7 Å². The third-order valence-electron chi connectivity index (χ3n) is 6.21. The maximum Gasteiger partial charge on any atom is 0.229 e. The Morgan fingerprint density at radius 3 is 2.33 bits per heavy atom. The van der Waals surface area contributed by atoms with E-state index in [1.54, 1.807) is 20.3 Å². The Kier molecular flexibility index (Phi) is 9.82. The number of rotatable bonds is 7. The Morgan fingerprint density at radius 2 is 1.67 bits per heavy atom. The first-order chi connectivity index (χ1) is 18.9. The number of aryl methyl sites for hydroxylation is 2. The zero-order valence-corrected chi connectivity index (χ0v) is 23.7. The average molecular weight is 546 g/mol. The van der Waals surface area contributed by atoms with Gasteiger partial charge in [0.05, 0.1) is 19.9 Å². The molecule has 1 fully saturated rings. The fourth-order valence-electron chi connectivity index (χ4n) is 4.24. The Hall–Kier alpha value is -4.02. The quantitative estimate of drug-likeness (QED) is 0.251. The van der Waals surface area contributed by atoms with Crippen LogP contribution in [0.5, 0.6) is 11.5 Å². The molecular weight excluding hydrogens is 510 g/mol. The lowest BCUT2D eigenvalue weighted by Crippen LogP contribution is -2.51. The van der Waals surface area contributed by atoms with Gasteiger partial charge in [-0.3, -0.25) is 10.2 Å². The predicted molar refractivity (Wildman–Crippen MR) is 162 cm³/mol. The van der Waals surface area contributed by atoms with Crippen molar-refractivity contribution in [2.24, 2.45) is 4.99 Å². The molecule has 204 valence electrons. The molecule has 0 amide bonds. The van der Waals surface area contributed by atoms with Crippen molar-refractivity contribution in [1.29, 1.82) is 0 Å². The molecule has 9 nitrogen and oxygen atoms in total. The number of aromatic nitrogens is 2. The van der Waals surface area contributed by atoms with Crippen LogP contribution in [0.3, 0.4) is 0 Å². The summed E-state index contributed by atoms with van der Waals surface area (Å²) in [7, 11) is 3.22. The molecule has 0 aliphatic carbocycles. The second kappa shape index (κ2) is 13.7. The Balaban J connectivity index is 1.47. The number of nitrogens with zero attached hydrogens (tertiary/aromatic N) is 5. The van der Waals surface area contributed by atoms with Crippen molar-refractivity contribution in [2.75, 3.05) is 57.6 Å². The molecule has 0 spiro atoms. The molecule has 39 heavy (non-hydrogen) atoms. The number of guanidine groups is 1. The summed E-state index contributed by atoms with van der Waals surface area (Å²) in [5, 5.41) is 6.79. The summed E-state index contributed by atoms with van der Waals surface area (Å²) in [5.74, 6) is 2.39. The Labute approximate surface area is 235 Å². The molecule has 4 rings (SSSR count). The van der Waals surface area contributed by atoms with Gasteiger partial charge in [-0.25, -0.2) is 9.97 Å². The monoisotopic (exact) mass is 545 g/mol. The lowest BCUT2D eigenvalue weighted by atomic mass is 10.2. The van der Waals surface area contributed by atoms with E-state index in [4.69, 9.17) is 26.7 Å². The van der Waals surface area contributed by atoms with E-state index >= 15 is 0 Å². The van der Waals surface area contributed by atoms with E-state index in [2.05, 4.69) is 66.8 Å². The summed E-state index contributed by atoms with van der Waals surface area (Å²) < 4.78 is 10.8. The van der Waals surface area contributed by atoms with Crippen molar-refractivity contribution in [3.8, 4) is 11.5 Å². The maximum atomic E-state index is 5.63. The van der Waals surface area contributed by atoms with Gasteiger partial charge in [0.2, 0.25) is 17.0 Å². The third kappa shape index (κ3) is 8.23. The smallest absolute Gasteiger partial charge is 0.229 e. The highest BCUT2D eigenvalue weighted by Crippen LogP contribution is 2.29. The summed E-state index contributed by atoms with van der Waals surface area (Å²) in [5.41, 5.74) is 3.66. The van der Waals surface area contributed by atoms with Crippen LogP contribution >= 0.6 is 12.2 Å². The maximum absolute atomic E-state index is 5.63. The molecular formula is C29H35N7O2S. The van der Waals surface area contributed by atoms with Gasteiger partial charge in [-0.15, -0.1) is 0 Å². The number of aliphatic imine (C=N–C) groups is 1. The van der Waals surface area contributed by atoms with Gasteiger partial charge >= 0.3 is 0 Å². The first-order valence-corrected chi connectivity index (χ1v) is 13.2. The highest BCUT2D eigenvalue weighted by atomic mass is 32.1. The van der Waals surface area contributed by atoms with Crippen molar-refractivity contribution in [1.82, 2.24) is 19.8 Å². The molecule has 2 heterocycles. The topological polar surface area (TPSA) is 87.1 Å². The predicted octanol–water partition coefficient (Wildman–Crippen LogP) is 4.61. The summed E-state index contributed by atoms with van der Waals surface area (Å²) in [4.78, 5) is 18.4. The molecule has 2 aromatic carbocycles. The molecule has 1 aliphatic rings. The minimum Gasteiger partial charge on any atom is -0.497 e. The number of anilines is 2. The van der Waals surface area contributed by atoms with E-state index < -0.39 is 0 Å². The van der Waals surface area contributed by atoms with E-state index in [1.807, 2.05) is 38.1 Å². The van der Waals surface area contributed by atoms with E-state index in [9.17, 15) is 0 Å². The van der Waals surface area contributed by atoms with Crippen LogP contribution in [0.15, 0.2) is 65.7 Å². The van der Waals surface area contributed by atoms with Gasteiger partial charge in [0.15, 0.2) is 0 Å². The molecule has 1 aromatic heterocycles. The molecule has 1 saturated heterocycles. The normalized spacial score (nSPS) is 14.4. The standard InChI is InChI=1S/C29H35N7O2S/c1-21-19-22(2)31-27(30-21)33-28(34-29(39)32-25-13-12-24(37-3)20-26(25)38-4)36-17-15-35(16-18-36)14-8-11-23-9-6-5-7-10-23/h5-13,19-20H,14-18H2,1-4H3,(H2,30,31,32,33,34,39)/b11-8+. The van der Waals surface area contributed by atoms with Crippen LogP contribution in [0.4, 0.5) is 11.6 Å². The Morgan fingerprint density at radius 1 is 0.949 bits per heavy atom. The average Bonchev–Trinajstić information content (AvgIpc) is 2.93. The zero-order chi connectivity index (χ0) is 27.6. The Bertz CT molecular complexity index is 1300. The second-order valence-corrected chi connectivity index (χ2v) is 9.52. The van der Waals surface area contributed by atoms with Gasteiger partial charge in [-0.2, -0.15) is 4.99 Å². The summed E-state index contributed by atoms with van der Waals surface area (Å²) >= 11 is 5.63. The molecule has 0 unspecified atom stereocenters. The molecule has 3 aromatic rings. The van der Waals surface area contributed by atoms with Crippen molar-refractivity contribution in [3.63, 3.8) is 0 Å². The van der Waals surface area contributed by atoms with Crippen LogP contribution < -0.4 is 20.1 Å². The van der Waals surface area contributed by atoms with Crippen molar-refractivity contribution >= 4 is 41.0 Å². The fraction of sp³-hybridized carbons (Fsp3) is 0.310. The molecule has 2 N–H and O–H groups in total. The fourth-order valence-corrected chi connectivity index (χ4v) is 4.44. The lowest BCUT2D eigenvalue weighted by Gasteiger charge is -2.35. The summed E-state index contributed by atoms with van der Waals surface area (Å²) in [6, 6.07) is 17.8. The highest BCUT2D eigenvalue weighted by Gasteiger charge is 2.21. The van der Waals surface area contributed by atoms with Crippen LogP contribution in [0.25, 0.3) is 6.08 Å². The number of benzene rings is 2. The number of nitrogens with one attached hydrogen (secondary N) is 2. The minimum absolute atomic E-state index is 0.290. The molecule has 0 atom stereocenters. The van der Waals surface area contributed by atoms with Gasteiger partial charge in [0, 0.05) is 50.2 Å². The minimum atomic E-state index is 0.290. The number of ether oxygens (including phenoxy) is 2. The molecule has 0 bridgehead atoms. The first kappa shape index (κ1) is 28.0. The van der Waals surface area contributed by atoms with Crippen molar-refractivity contribution in [2.45, 2.75) is 13.8 Å². The van der Waals surface area contributed by atoms with Crippen LogP contribution in [0.1, 0.15) is 17.0 Å². The third-order valence-corrected chi connectivity index (χ3v) is 6.40. The van der Waals surface area contributed by atoms with Crippen LogP contribution in [0, 0.1) is 13.8 Å². The number of thiocarbonyl (C=S) groups is 1. The van der Waals surface area contributed by atoms with Crippen molar-refractivity contribution < 1.29 is 9.47 Å². The van der Waals surface area contributed by atoms with Gasteiger partial charge in [-0.05, 0) is 49.8 Å². The molecule has 0 radical (unpaired) electrons. The van der Waals surface area contributed by atoms with Gasteiger partial charge in [0.25, 0.3) is 0 Å². The second-order valence-electron chi connectivity index (χ2n) is 9.13. The van der Waals surface area contributed by atoms with E-state index in [0.717, 1.165) is 44.1 Å². The number of piperazine rings is 1. The first-order valence-electron chi connectivity index (χ1n) is 12.8. The highest BCUT2D eigenvalue weighted by molar-refractivity contribution is 7.80. The van der Waals surface area contributed by atoms with E-state index in [1.165, 1.54) is 5.56 Å². The SMILES string of the molecule is COc1ccc(NC(=S)/N=C(/Nc2nc(C)cc(C)n2)N2CCN(C/C=C/c3ccccc3)CC2)c(OC)c1. The largest absolute Gasteiger partial charge is 0.497 e. The van der Waals surface area contributed by atoms with Gasteiger partial charge in [0.1, 0.15) is 11.5 Å². The zero-order valence-electron chi connectivity index (χ0n) is 22.8. The number of hydrogen-bond donors (Lipinski definition) is 2. The van der Waals surface area contributed by atoms with Crippen LogP contribution in [-0.2, 0) is 0 Å². The van der Waals surface area contributed by atoms with Crippen molar-refractivity contribution in [3.05, 3.63) is 77.6 Å². The number of methoxy groups -OCH3 is 2. The lowest BCUT2D eigenvalue weighted by molar-refractivity contribution is 0.198. The van der Waals surface area contributed by atoms with E-state index in [-0.39, 0.29) is 0 Å². The van der Waals surface area contributed by atoms with Crippen LogP contribution in [0.2, 0.25) is 0 Å². The molecule has 10 heteroatoms. The summed E-state index contributed by atoms with van der Waals surface area (Å²) in [6.45, 7) is 8.12. The summed E-state index contributed by atoms with van der Waals surface area (Å²) in [6.07, 6.45) is 4.37.